The van der Waals surface area contributed by atoms with E-state index in [9.17, 15) is 5.11 Å². The van der Waals surface area contributed by atoms with Crippen molar-refractivity contribution < 1.29 is 9.84 Å². The highest BCUT2D eigenvalue weighted by Gasteiger charge is 2.32. The third-order valence-electron chi connectivity index (χ3n) is 4.87. The average molecular weight is 284 g/mol. The predicted octanol–water partition coefficient (Wildman–Crippen LogP) is 2.63. The van der Waals surface area contributed by atoms with Crippen LogP contribution < -0.4 is 0 Å². The van der Waals surface area contributed by atoms with Crippen molar-refractivity contribution in [3.63, 3.8) is 0 Å². The van der Waals surface area contributed by atoms with Gasteiger partial charge in [0.05, 0.1) is 30.4 Å². The number of ether oxygens (including phenoxy) is 1. The van der Waals surface area contributed by atoms with Gasteiger partial charge in [0.1, 0.15) is 0 Å². The zero-order valence-corrected chi connectivity index (χ0v) is 12.0. The number of nitrogens with zero attached hydrogens (tertiary/aromatic N) is 2. The molecule has 110 valence electrons. The Bertz CT molecular complexity index is 631. The summed E-state index contributed by atoms with van der Waals surface area (Å²) >= 11 is 0. The van der Waals surface area contributed by atoms with Crippen molar-refractivity contribution in [3.05, 3.63) is 42.4 Å². The molecule has 3 heterocycles. The van der Waals surface area contributed by atoms with Crippen LogP contribution in [0.3, 0.4) is 0 Å². The number of fused-ring (bicyclic) bond motifs is 3. The Morgan fingerprint density at radius 2 is 2.10 bits per heavy atom. The SMILES string of the molecule is O[C@H](C[C@H]1c2ccccc2-c2cncn21)C1CCOCC1. The first kappa shape index (κ1) is 13.0. The molecule has 1 saturated heterocycles. The van der Waals surface area contributed by atoms with E-state index in [4.69, 9.17) is 4.74 Å². The van der Waals surface area contributed by atoms with Crippen LogP contribution in [0.25, 0.3) is 11.3 Å². The van der Waals surface area contributed by atoms with Crippen molar-refractivity contribution in [1.82, 2.24) is 9.55 Å². The highest BCUT2D eigenvalue weighted by Crippen LogP contribution is 2.42. The smallest absolute Gasteiger partial charge is 0.0956 e. The molecule has 0 radical (unpaired) electrons. The number of benzene rings is 1. The van der Waals surface area contributed by atoms with Crippen LogP contribution in [0.5, 0.6) is 0 Å². The molecular formula is C17H20N2O2. The van der Waals surface area contributed by atoms with Gasteiger partial charge in [0.2, 0.25) is 0 Å². The van der Waals surface area contributed by atoms with Crippen molar-refractivity contribution >= 4 is 0 Å². The van der Waals surface area contributed by atoms with Gasteiger partial charge >= 0.3 is 0 Å². The van der Waals surface area contributed by atoms with Crippen molar-refractivity contribution in [3.8, 4) is 11.3 Å². The standard InChI is InChI=1S/C17H20N2O2/c20-17(12-5-7-21-8-6-12)9-15-13-3-1-2-4-14(13)16-10-18-11-19(15)16/h1-4,10-12,15,17,20H,5-9H2/t15-,17+/m0/s1. The predicted molar refractivity (Wildman–Crippen MR) is 80.0 cm³/mol. The number of imidazole rings is 1. The van der Waals surface area contributed by atoms with Crippen LogP contribution in [0.15, 0.2) is 36.8 Å². The maximum absolute atomic E-state index is 10.6. The van der Waals surface area contributed by atoms with E-state index in [0.29, 0.717) is 5.92 Å². The molecule has 0 unspecified atom stereocenters. The molecule has 1 fully saturated rings. The number of aromatic nitrogens is 2. The number of hydrogen-bond acceptors (Lipinski definition) is 3. The summed E-state index contributed by atoms with van der Waals surface area (Å²) < 4.78 is 7.60. The van der Waals surface area contributed by atoms with Gasteiger partial charge in [0, 0.05) is 18.8 Å². The minimum absolute atomic E-state index is 0.205. The minimum Gasteiger partial charge on any atom is -0.393 e. The van der Waals surface area contributed by atoms with E-state index in [-0.39, 0.29) is 12.1 Å². The normalized spacial score (nSPS) is 22.8. The van der Waals surface area contributed by atoms with E-state index in [1.807, 2.05) is 12.5 Å². The number of hydrogen-bond donors (Lipinski definition) is 1. The van der Waals surface area contributed by atoms with Gasteiger partial charge in [0.15, 0.2) is 0 Å². The Balaban J connectivity index is 1.60. The Hall–Kier alpha value is -1.65. The highest BCUT2D eigenvalue weighted by atomic mass is 16.5. The van der Waals surface area contributed by atoms with E-state index < -0.39 is 0 Å². The van der Waals surface area contributed by atoms with Crippen LogP contribution in [0.1, 0.15) is 30.9 Å². The van der Waals surface area contributed by atoms with Gasteiger partial charge < -0.3 is 14.4 Å². The van der Waals surface area contributed by atoms with E-state index in [1.165, 1.54) is 11.1 Å². The fraction of sp³-hybridized carbons (Fsp3) is 0.471. The van der Waals surface area contributed by atoms with Crippen molar-refractivity contribution in [1.29, 1.82) is 0 Å². The lowest BCUT2D eigenvalue weighted by molar-refractivity contribution is 0.00151. The lowest BCUT2D eigenvalue weighted by Crippen LogP contribution is -2.29. The van der Waals surface area contributed by atoms with Gasteiger partial charge in [-0.2, -0.15) is 0 Å². The fourth-order valence-electron chi connectivity index (χ4n) is 3.69. The summed E-state index contributed by atoms with van der Waals surface area (Å²) in [5.41, 5.74) is 3.72. The molecular weight excluding hydrogens is 264 g/mol. The molecule has 0 amide bonds. The minimum atomic E-state index is -0.277. The summed E-state index contributed by atoms with van der Waals surface area (Å²) in [5.74, 6) is 0.360. The molecule has 0 spiro atoms. The summed E-state index contributed by atoms with van der Waals surface area (Å²) in [4.78, 5) is 4.27. The van der Waals surface area contributed by atoms with E-state index in [1.54, 1.807) is 0 Å². The third-order valence-corrected chi connectivity index (χ3v) is 4.87. The molecule has 0 aliphatic carbocycles. The molecule has 0 bridgehead atoms. The second kappa shape index (κ2) is 5.28. The summed E-state index contributed by atoms with van der Waals surface area (Å²) in [5, 5.41) is 10.6. The molecule has 2 aliphatic rings. The number of aliphatic hydroxyl groups is 1. The summed E-state index contributed by atoms with van der Waals surface area (Å²) in [7, 11) is 0. The zero-order chi connectivity index (χ0) is 14.2. The van der Waals surface area contributed by atoms with Gasteiger partial charge in [-0.15, -0.1) is 0 Å². The van der Waals surface area contributed by atoms with Crippen molar-refractivity contribution in [2.45, 2.75) is 31.4 Å². The monoisotopic (exact) mass is 284 g/mol. The first-order chi connectivity index (χ1) is 10.3. The first-order valence-corrected chi connectivity index (χ1v) is 7.71. The molecule has 2 atom stereocenters. The van der Waals surface area contributed by atoms with E-state index in [0.717, 1.165) is 38.2 Å². The molecule has 0 saturated carbocycles. The first-order valence-electron chi connectivity index (χ1n) is 7.71. The van der Waals surface area contributed by atoms with E-state index in [2.05, 4.69) is 33.8 Å². The summed E-state index contributed by atoms with van der Waals surface area (Å²) in [6.07, 6.45) is 6.21. The lowest BCUT2D eigenvalue weighted by atomic mass is 9.88. The topological polar surface area (TPSA) is 47.3 Å². The quantitative estimate of drug-likeness (QED) is 0.942. The Morgan fingerprint density at radius 3 is 2.95 bits per heavy atom. The molecule has 4 nitrogen and oxygen atoms in total. The third kappa shape index (κ3) is 2.19. The molecule has 4 heteroatoms. The number of aliphatic hydroxyl groups excluding tert-OH is 1. The molecule has 1 N–H and O–H groups in total. The number of rotatable bonds is 3. The van der Waals surface area contributed by atoms with Crippen LogP contribution in [0, 0.1) is 5.92 Å². The second-order valence-electron chi connectivity index (χ2n) is 6.04. The summed E-state index contributed by atoms with van der Waals surface area (Å²) in [6.45, 7) is 1.55. The Morgan fingerprint density at radius 1 is 1.29 bits per heavy atom. The molecule has 2 aliphatic heterocycles. The molecule has 2 aromatic rings. The highest BCUT2D eigenvalue weighted by molar-refractivity contribution is 5.68. The van der Waals surface area contributed by atoms with Crippen LogP contribution in [-0.2, 0) is 4.74 Å². The van der Waals surface area contributed by atoms with E-state index >= 15 is 0 Å². The Labute approximate surface area is 124 Å². The maximum Gasteiger partial charge on any atom is 0.0956 e. The van der Waals surface area contributed by atoms with Crippen LogP contribution in [-0.4, -0.2) is 34.0 Å². The fourth-order valence-corrected chi connectivity index (χ4v) is 3.69. The van der Waals surface area contributed by atoms with Crippen molar-refractivity contribution in [2.24, 2.45) is 5.92 Å². The maximum atomic E-state index is 10.6. The van der Waals surface area contributed by atoms with Gasteiger partial charge in [-0.05, 0) is 30.7 Å². The van der Waals surface area contributed by atoms with Gasteiger partial charge in [-0.25, -0.2) is 4.98 Å². The van der Waals surface area contributed by atoms with Crippen LogP contribution >= 0.6 is 0 Å². The molecule has 1 aromatic carbocycles. The second-order valence-corrected chi connectivity index (χ2v) is 6.04. The largest absolute Gasteiger partial charge is 0.393 e. The van der Waals surface area contributed by atoms with Gasteiger partial charge in [-0.1, -0.05) is 24.3 Å². The molecule has 21 heavy (non-hydrogen) atoms. The lowest BCUT2D eigenvalue weighted by Gasteiger charge is -2.29. The Kier molecular flexibility index (Phi) is 3.28. The van der Waals surface area contributed by atoms with Crippen molar-refractivity contribution in [2.75, 3.05) is 13.2 Å². The van der Waals surface area contributed by atoms with Gasteiger partial charge in [0.25, 0.3) is 0 Å². The van der Waals surface area contributed by atoms with Crippen LogP contribution in [0.2, 0.25) is 0 Å². The molecule has 1 aromatic heterocycles. The summed E-state index contributed by atoms with van der Waals surface area (Å²) in [6, 6.07) is 8.66. The zero-order valence-electron chi connectivity index (χ0n) is 12.0. The molecule has 4 rings (SSSR count). The van der Waals surface area contributed by atoms with Crippen LogP contribution in [0.4, 0.5) is 0 Å². The van der Waals surface area contributed by atoms with Gasteiger partial charge in [-0.3, -0.25) is 0 Å². The average Bonchev–Trinajstić information content (AvgIpc) is 3.11.